The second kappa shape index (κ2) is 5.91. The van der Waals surface area contributed by atoms with Crippen molar-refractivity contribution in [2.45, 2.75) is 6.54 Å². The van der Waals surface area contributed by atoms with Gasteiger partial charge in [0, 0.05) is 18.3 Å². The van der Waals surface area contributed by atoms with Crippen LogP contribution in [0.5, 0.6) is 0 Å². The first-order valence-electron chi connectivity index (χ1n) is 5.44. The van der Waals surface area contributed by atoms with E-state index < -0.39 is 16.6 Å². The van der Waals surface area contributed by atoms with Crippen molar-refractivity contribution in [2.75, 3.05) is 5.32 Å². The van der Waals surface area contributed by atoms with Crippen molar-refractivity contribution in [3.05, 3.63) is 62.4 Å². The zero-order valence-corrected chi connectivity index (χ0v) is 11.5. The number of anilines is 1. The van der Waals surface area contributed by atoms with Crippen molar-refractivity contribution in [2.24, 2.45) is 0 Å². The number of rotatable bonds is 4. The van der Waals surface area contributed by atoms with Crippen LogP contribution in [0.3, 0.4) is 0 Å². The van der Waals surface area contributed by atoms with Gasteiger partial charge in [0.25, 0.3) is 0 Å². The van der Waals surface area contributed by atoms with Crippen molar-refractivity contribution >= 4 is 27.3 Å². The van der Waals surface area contributed by atoms with Crippen LogP contribution >= 0.6 is 15.9 Å². The molecule has 20 heavy (non-hydrogen) atoms. The van der Waals surface area contributed by atoms with E-state index in [1.165, 1.54) is 6.20 Å². The van der Waals surface area contributed by atoms with Crippen LogP contribution in [-0.2, 0) is 6.54 Å². The third kappa shape index (κ3) is 3.08. The van der Waals surface area contributed by atoms with Crippen LogP contribution in [0, 0.1) is 21.7 Å². The number of nitrogens with zero attached hydrogens (tertiary/aromatic N) is 2. The summed E-state index contributed by atoms with van der Waals surface area (Å²) in [4.78, 5) is 14.0. The van der Waals surface area contributed by atoms with Crippen molar-refractivity contribution in [3.8, 4) is 0 Å². The number of aromatic nitrogens is 1. The highest BCUT2D eigenvalue weighted by Gasteiger charge is 2.17. The number of pyridine rings is 1. The summed E-state index contributed by atoms with van der Waals surface area (Å²) in [6, 6.07) is 3.04. The first kappa shape index (κ1) is 14.3. The molecule has 0 amide bonds. The van der Waals surface area contributed by atoms with Gasteiger partial charge in [0.15, 0.2) is 0 Å². The van der Waals surface area contributed by atoms with Crippen LogP contribution in [0.1, 0.15) is 5.56 Å². The molecular formula is C12H8BrF2N3O2. The Bertz CT molecular complexity index is 667. The van der Waals surface area contributed by atoms with Crippen molar-refractivity contribution in [1.82, 2.24) is 4.98 Å². The Labute approximate surface area is 120 Å². The standard InChI is InChI=1S/C12H8BrF2N3O2/c13-9-5-16-6-11(18(19)20)12(9)17-4-7-3-8(14)1-2-10(7)15/h1-3,5-6H,4H2,(H,16,17). The molecule has 2 rings (SSSR count). The molecule has 0 unspecified atom stereocenters. The molecule has 5 nitrogen and oxygen atoms in total. The van der Waals surface area contributed by atoms with Gasteiger partial charge in [-0.2, -0.15) is 0 Å². The number of halogens is 3. The van der Waals surface area contributed by atoms with Crippen LogP contribution in [-0.4, -0.2) is 9.91 Å². The molecule has 0 aliphatic heterocycles. The summed E-state index contributed by atoms with van der Waals surface area (Å²) in [5.41, 5.74) is -0.0205. The second-order valence-corrected chi connectivity index (χ2v) is 4.72. The highest BCUT2D eigenvalue weighted by atomic mass is 79.9. The molecule has 1 N–H and O–H groups in total. The molecule has 0 saturated heterocycles. The first-order valence-corrected chi connectivity index (χ1v) is 6.24. The highest BCUT2D eigenvalue weighted by molar-refractivity contribution is 9.10. The molecule has 8 heteroatoms. The zero-order chi connectivity index (χ0) is 14.7. The molecular weight excluding hydrogens is 336 g/mol. The number of hydrogen-bond donors (Lipinski definition) is 1. The van der Waals surface area contributed by atoms with Gasteiger partial charge in [-0.15, -0.1) is 0 Å². The van der Waals surface area contributed by atoms with Gasteiger partial charge in [-0.1, -0.05) is 0 Å². The third-order valence-corrected chi connectivity index (χ3v) is 3.14. The van der Waals surface area contributed by atoms with Gasteiger partial charge < -0.3 is 5.32 Å². The summed E-state index contributed by atoms with van der Waals surface area (Å²) in [5, 5.41) is 13.6. The van der Waals surface area contributed by atoms with Crippen LogP contribution in [0.15, 0.2) is 35.1 Å². The van der Waals surface area contributed by atoms with Gasteiger partial charge in [0.05, 0.1) is 9.40 Å². The number of hydrogen-bond acceptors (Lipinski definition) is 4. The van der Waals surface area contributed by atoms with Crippen LogP contribution in [0.25, 0.3) is 0 Å². The molecule has 0 spiro atoms. The number of nitro groups is 1. The molecule has 104 valence electrons. The molecule has 0 aliphatic rings. The summed E-state index contributed by atoms with van der Waals surface area (Å²) in [6.45, 7) is -0.0902. The van der Waals surface area contributed by atoms with Crippen LogP contribution < -0.4 is 5.32 Å². The SMILES string of the molecule is O=[N+]([O-])c1cncc(Br)c1NCc1cc(F)ccc1F. The van der Waals surface area contributed by atoms with E-state index in [-0.39, 0.29) is 23.5 Å². The lowest BCUT2D eigenvalue weighted by molar-refractivity contribution is -0.384. The average Bonchev–Trinajstić information content (AvgIpc) is 2.40. The topological polar surface area (TPSA) is 68.1 Å². The molecule has 0 atom stereocenters. The first-order chi connectivity index (χ1) is 9.49. The van der Waals surface area contributed by atoms with E-state index in [0.29, 0.717) is 4.47 Å². The lowest BCUT2D eigenvalue weighted by Crippen LogP contribution is -2.06. The third-order valence-electron chi connectivity index (χ3n) is 2.54. The quantitative estimate of drug-likeness (QED) is 0.679. The Morgan fingerprint density at radius 1 is 1.35 bits per heavy atom. The molecule has 1 aromatic carbocycles. The Hall–Kier alpha value is -2.09. The summed E-state index contributed by atoms with van der Waals surface area (Å²) in [6.07, 6.45) is 2.45. The Kier molecular flexibility index (Phi) is 4.23. The van der Waals surface area contributed by atoms with Gasteiger partial charge in [-0.05, 0) is 34.1 Å². The van der Waals surface area contributed by atoms with Crippen LogP contribution in [0.2, 0.25) is 0 Å². The minimum atomic E-state index is -0.609. The number of benzene rings is 1. The summed E-state index contributed by atoms with van der Waals surface area (Å²) in [5.74, 6) is -1.17. The molecule has 0 radical (unpaired) electrons. The predicted molar refractivity (Wildman–Crippen MR) is 72.3 cm³/mol. The minimum absolute atomic E-state index is 0.0722. The average molecular weight is 344 g/mol. The second-order valence-electron chi connectivity index (χ2n) is 3.86. The van der Waals surface area contributed by atoms with Gasteiger partial charge in [-0.3, -0.25) is 15.1 Å². The molecule has 1 heterocycles. The Balaban J connectivity index is 2.27. The summed E-state index contributed by atoms with van der Waals surface area (Å²) >= 11 is 3.12. The zero-order valence-electron chi connectivity index (χ0n) is 9.94. The molecule has 0 fully saturated rings. The monoisotopic (exact) mass is 343 g/mol. The lowest BCUT2D eigenvalue weighted by Gasteiger charge is -2.09. The summed E-state index contributed by atoms with van der Waals surface area (Å²) < 4.78 is 26.9. The highest BCUT2D eigenvalue weighted by Crippen LogP contribution is 2.31. The number of nitrogens with one attached hydrogen (secondary N) is 1. The van der Waals surface area contributed by atoms with Gasteiger partial charge in [0.1, 0.15) is 23.5 Å². The van der Waals surface area contributed by atoms with E-state index >= 15 is 0 Å². The van der Waals surface area contributed by atoms with E-state index in [2.05, 4.69) is 26.2 Å². The van der Waals surface area contributed by atoms with Gasteiger partial charge in [-0.25, -0.2) is 8.78 Å². The van der Waals surface area contributed by atoms with Crippen molar-refractivity contribution < 1.29 is 13.7 Å². The smallest absolute Gasteiger partial charge is 0.311 e. The fourth-order valence-corrected chi connectivity index (χ4v) is 2.06. The fraction of sp³-hybridized carbons (Fsp3) is 0.0833. The van der Waals surface area contributed by atoms with E-state index in [0.717, 1.165) is 24.4 Å². The van der Waals surface area contributed by atoms with Gasteiger partial charge in [0.2, 0.25) is 0 Å². The van der Waals surface area contributed by atoms with Crippen molar-refractivity contribution in [1.29, 1.82) is 0 Å². The van der Waals surface area contributed by atoms with Gasteiger partial charge >= 0.3 is 5.69 Å². The summed E-state index contributed by atoms with van der Waals surface area (Å²) in [7, 11) is 0. The predicted octanol–water partition coefficient (Wildman–Crippen LogP) is 3.64. The van der Waals surface area contributed by atoms with Crippen LogP contribution in [0.4, 0.5) is 20.2 Å². The van der Waals surface area contributed by atoms with E-state index in [9.17, 15) is 18.9 Å². The molecule has 2 aromatic rings. The van der Waals surface area contributed by atoms with Crippen molar-refractivity contribution in [3.63, 3.8) is 0 Å². The fourth-order valence-electron chi connectivity index (χ4n) is 1.60. The largest absolute Gasteiger partial charge is 0.374 e. The maximum Gasteiger partial charge on any atom is 0.311 e. The maximum atomic E-state index is 13.5. The molecule has 1 aromatic heterocycles. The van der Waals surface area contributed by atoms with E-state index in [1.54, 1.807) is 0 Å². The van der Waals surface area contributed by atoms with E-state index in [4.69, 9.17) is 0 Å². The Morgan fingerprint density at radius 3 is 2.80 bits per heavy atom. The Morgan fingerprint density at radius 2 is 2.10 bits per heavy atom. The maximum absolute atomic E-state index is 13.5. The molecule has 0 bridgehead atoms. The van der Waals surface area contributed by atoms with E-state index in [1.807, 2.05) is 0 Å². The minimum Gasteiger partial charge on any atom is -0.374 e. The normalized spacial score (nSPS) is 10.3. The lowest BCUT2D eigenvalue weighted by atomic mass is 10.2. The molecule has 0 aliphatic carbocycles. The molecule has 0 saturated carbocycles.